The van der Waals surface area contributed by atoms with E-state index >= 15 is 0 Å². The van der Waals surface area contributed by atoms with Crippen LogP contribution in [0.25, 0.3) is 10.9 Å². The SMILES string of the molecule is O=[N+]([O-])c1ccc2ccn(Cc3ccccc3Cl)c2c1. The molecule has 0 aliphatic heterocycles. The molecule has 3 rings (SSSR count). The second-order valence-electron chi connectivity index (χ2n) is 4.54. The molecule has 1 aromatic heterocycles. The maximum absolute atomic E-state index is 10.9. The Hall–Kier alpha value is -2.33. The van der Waals surface area contributed by atoms with Gasteiger partial charge in [0.1, 0.15) is 0 Å². The molecule has 0 spiro atoms. The highest BCUT2D eigenvalue weighted by Gasteiger charge is 2.10. The van der Waals surface area contributed by atoms with Gasteiger partial charge in [-0.25, -0.2) is 0 Å². The molecule has 0 amide bonds. The fourth-order valence-corrected chi connectivity index (χ4v) is 2.43. The number of hydrogen-bond acceptors (Lipinski definition) is 2. The summed E-state index contributed by atoms with van der Waals surface area (Å²) in [5.41, 5.74) is 1.91. The molecule has 0 fully saturated rings. The molecular formula is C15H11ClN2O2. The summed E-state index contributed by atoms with van der Waals surface area (Å²) < 4.78 is 1.96. The lowest BCUT2D eigenvalue weighted by molar-refractivity contribution is -0.384. The van der Waals surface area contributed by atoms with Crippen molar-refractivity contribution >= 4 is 28.2 Å². The second-order valence-corrected chi connectivity index (χ2v) is 4.94. The predicted molar refractivity (Wildman–Crippen MR) is 79.1 cm³/mol. The van der Waals surface area contributed by atoms with Crippen LogP contribution in [0, 0.1) is 10.1 Å². The smallest absolute Gasteiger partial charge is 0.271 e. The predicted octanol–water partition coefficient (Wildman–Crippen LogP) is 4.25. The minimum absolute atomic E-state index is 0.0941. The highest BCUT2D eigenvalue weighted by molar-refractivity contribution is 6.31. The van der Waals surface area contributed by atoms with Crippen molar-refractivity contribution in [2.75, 3.05) is 0 Å². The zero-order chi connectivity index (χ0) is 14.1. The van der Waals surface area contributed by atoms with E-state index in [1.165, 1.54) is 6.07 Å². The van der Waals surface area contributed by atoms with Gasteiger partial charge in [-0.1, -0.05) is 29.8 Å². The van der Waals surface area contributed by atoms with E-state index < -0.39 is 0 Å². The van der Waals surface area contributed by atoms with Crippen LogP contribution in [0.3, 0.4) is 0 Å². The molecule has 0 N–H and O–H groups in total. The van der Waals surface area contributed by atoms with Crippen molar-refractivity contribution in [1.29, 1.82) is 0 Å². The molecule has 0 bridgehead atoms. The Morgan fingerprint density at radius 3 is 2.70 bits per heavy atom. The fourth-order valence-electron chi connectivity index (χ4n) is 2.23. The topological polar surface area (TPSA) is 48.1 Å². The summed E-state index contributed by atoms with van der Waals surface area (Å²) in [5, 5.41) is 12.5. The lowest BCUT2D eigenvalue weighted by Crippen LogP contribution is -1.99. The van der Waals surface area contributed by atoms with Crippen molar-refractivity contribution in [3.05, 3.63) is 75.4 Å². The molecule has 0 unspecified atom stereocenters. The molecule has 0 aliphatic carbocycles. The first-order valence-electron chi connectivity index (χ1n) is 6.12. The van der Waals surface area contributed by atoms with Gasteiger partial charge in [-0.3, -0.25) is 10.1 Å². The highest BCUT2D eigenvalue weighted by atomic mass is 35.5. The molecule has 20 heavy (non-hydrogen) atoms. The molecular weight excluding hydrogens is 276 g/mol. The first-order valence-corrected chi connectivity index (χ1v) is 6.49. The minimum Gasteiger partial charge on any atom is -0.343 e. The average molecular weight is 287 g/mol. The molecule has 0 saturated heterocycles. The number of aromatic nitrogens is 1. The monoisotopic (exact) mass is 286 g/mol. The van der Waals surface area contributed by atoms with Crippen LogP contribution in [-0.2, 0) is 6.54 Å². The molecule has 0 saturated carbocycles. The van der Waals surface area contributed by atoms with Gasteiger partial charge in [0, 0.05) is 35.3 Å². The van der Waals surface area contributed by atoms with Crippen molar-refractivity contribution in [2.24, 2.45) is 0 Å². The van der Waals surface area contributed by atoms with E-state index in [1.54, 1.807) is 12.1 Å². The van der Waals surface area contributed by atoms with Gasteiger partial charge in [0.05, 0.1) is 10.4 Å². The van der Waals surface area contributed by atoms with Crippen LogP contribution in [0.15, 0.2) is 54.7 Å². The summed E-state index contributed by atoms with van der Waals surface area (Å²) in [5.74, 6) is 0. The molecule has 100 valence electrons. The third kappa shape index (κ3) is 2.26. The molecule has 0 radical (unpaired) electrons. The zero-order valence-electron chi connectivity index (χ0n) is 10.5. The lowest BCUT2D eigenvalue weighted by atomic mass is 10.2. The summed E-state index contributed by atoms with van der Waals surface area (Å²) >= 11 is 6.15. The maximum atomic E-state index is 10.9. The molecule has 5 heteroatoms. The van der Waals surface area contributed by atoms with Gasteiger partial charge in [0.15, 0.2) is 0 Å². The van der Waals surface area contributed by atoms with Gasteiger partial charge in [0.2, 0.25) is 0 Å². The van der Waals surface area contributed by atoms with Crippen molar-refractivity contribution < 1.29 is 4.92 Å². The zero-order valence-corrected chi connectivity index (χ0v) is 11.2. The summed E-state index contributed by atoms with van der Waals surface area (Å²) in [6, 6.07) is 14.4. The Kier molecular flexibility index (Phi) is 3.16. The maximum Gasteiger partial charge on any atom is 0.271 e. The Morgan fingerprint density at radius 2 is 1.95 bits per heavy atom. The Balaban J connectivity index is 2.06. The summed E-state index contributed by atoms with van der Waals surface area (Å²) in [4.78, 5) is 10.5. The van der Waals surface area contributed by atoms with Gasteiger partial charge >= 0.3 is 0 Å². The van der Waals surface area contributed by atoms with Crippen LogP contribution in [0.5, 0.6) is 0 Å². The fraction of sp³-hybridized carbons (Fsp3) is 0.0667. The normalized spacial score (nSPS) is 10.8. The van der Waals surface area contributed by atoms with Gasteiger partial charge in [-0.2, -0.15) is 0 Å². The van der Waals surface area contributed by atoms with E-state index in [2.05, 4.69) is 0 Å². The quantitative estimate of drug-likeness (QED) is 0.534. The van der Waals surface area contributed by atoms with Crippen LogP contribution in [0.4, 0.5) is 5.69 Å². The average Bonchev–Trinajstić information content (AvgIpc) is 2.84. The molecule has 0 aliphatic rings. The summed E-state index contributed by atoms with van der Waals surface area (Å²) in [6.45, 7) is 0.588. The van der Waals surface area contributed by atoms with Crippen molar-refractivity contribution in [3.63, 3.8) is 0 Å². The van der Waals surface area contributed by atoms with Crippen LogP contribution in [0.1, 0.15) is 5.56 Å². The lowest BCUT2D eigenvalue weighted by Gasteiger charge is -2.07. The summed E-state index contributed by atoms with van der Waals surface area (Å²) in [6.07, 6.45) is 1.91. The third-order valence-corrected chi connectivity index (χ3v) is 3.64. The van der Waals surface area contributed by atoms with Crippen LogP contribution in [0.2, 0.25) is 5.02 Å². The van der Waals surface area contributed by atoms with Crippen molar-refractivity contribution in [2.45, 2.75) is 6.54 Å². The number of benzene rings is 2. The standard InChI is InChI=1S/C15H11ClN2O2/c16-14-4-2-1-3-12(14)10-17-8-7-11-5-6-13(18(19)20)9-15(11)17/h1-9H,10H2. The summed E-state index contributed by atoms with van der Waals surface area (Å²) in [7, 11) is 0. The number of fused-ring (bicyclic) bond motifs is 1. The van der Waals surface area contributed by atoms with Gasteiger partial charge < -0.3 is 4.57 Å². The van der Waals surface area contributed by atoms with Crippen molar-refractivity contribution in [3.8, 4) is 0 Å². The van der Waals surface area contributed by atoms with E-state index in [9.17, 15) is 10.1 Å². The van der Waals surface area contributed by atoms with E-state index in [4.69, 9.17) is 11.6 Å². The number of non-ortho nitro benzene ring substituents is 1. The van der Waals surface area contributed by atoms with E-state index in [0.29, 0.717) is 11.6 Å². The Labute approximate surface area is 120 Å². The van der Waals surface area contributed by atoms with E-state index in [1.807, 2.05) is 41.1 Å². The molecule has 2 aromatic carbocycles. The van der Waals surface area contributed by atoms with E-state index in [0.717, 1.165) is 16.5 Å². The number of nitrogens with zero attached hydrogens (tertiary/aromatic N) is 2. The number of nitro benzene ring substituents is 1. The van der Waals surface area contributed by atoms with Crippen LogP contribution < -0.4 is 0 Å². The Morgan fingerprint density at radius 1 is 1.15 bits per heavy atom. The van der Waals surface area contributed by atoms with Crippen LogP contribution >= 0.6 is 11.6 Å². The number of hydrogen-bond donors (Lipinski definition) is 0. The molecule has 0 atom stereocenters. The second kappa shape index (κ2) is 4.98. The van der Waals surface area contributed by atoms with Crippen molar-refractivity contribution in [1.82, 2.24) is 4.57 Å². The molecule has 1 heterocycles. The van der Waals surface area contributed by atoms with Gasteiger partial charge in [-0.05, 0) is 23.8 Å². The Bertz CT molecular complexity index is 795. The number of halogens is 1. The third-order valence-electron chi connectivity index (χ3n) is 3.27. The first-order chi connectivity index (χ1) is 9.65. The molecule has 4 nitrogen and oxygen atoms in total. The highest BCUT2D eigenvalue weighted by Crippen LogP contribution is 2.24. The number of nitro groups is 1. The number of rotatable bonds is 3. The molecule has 3 aromatic rings. The largest absolute Gasteiger partial charge is 0.343 e. The first kappa shape index (κ1) is 12.7. The minimum atomic E-state index is -0.383. The van der Waals surface area contributed by atoms with E-state index in [-0.39, 0.29) is 10.6 Å². The van der Waals surface area contributed by atoms with Crippen LogP contribution in [-0.4, -0.2) is 9.49 Å². The van der Waals surface area contributed by atoms with Gasteiger partial charge in [-0.15, -0.1) is 0 Å². The van der Waals surface area contributed by atoms with Gasteiger partial charge in [0.25, 0.3) is 5.69 Å².